The Balaban J connectivity index is 1.62. The molecule has 9 nitrogen and oxygen atoms in total. The smallest absolute Gasteiger partial charge is 0.257 e. The maximum atomic E-state index is 14.7. The highest BCUT2D eigenvalue weighted by Crippen LogP contribution is 2.24. The summed E-state index contributed by atoms with van der Waals surface area (Å²) in [4.78, 5) is 55.7. The monoisotopic (exact) mass is 516 g/mol. The topological polar surface area (TPSA) is 108 Å². The zero-order valence-electron chi connectivity index (χ0n) is 21.6. The number of amides is 4. The Labute approximate surface area is 217 Å². The zero-order chi connectivity index (χ0) is 26.5. The van der Waals surface area contributed by atoms with Crippen molar-refractivity contribution in [3.05, 3.63) is 35.1 Å². The van der Waals surface area contributed by atoms with E-state index in [2.05, 4.69) is 10.6 Å². The fourth-order valence-electron chi connectivity index (χ4n) is 5.23. The molecule has 2 fully saturated rings. The fourth-order valence-corrected chi connectivity index (χ4v) is 5.23. The highest BCUT2D eigenvalue weighted by Gasteiger charge is 2.38. The Hall–Kier alpha value is -3.01. The van der Waals surface area contributed by atoms with Crippen LogP contribution < -0.4 is 10.6 Å². The van der Waals surface area contributed by atoms with Crippen LogP contribution in [-0.2, 0) is 25.5 Å². The number of ether oxygens (including phenoxy) is 1. The average molecular weight is 517 g/mol. The van der Waals surface area contributed by atoms with Crippen LogP contribution in [0.4, 0.5) is 4.39 Å². The lowest BCUT2D eigenvalue weighted by Gasteiger charge is -2.33. The third kappa shape index (κ3) is 6.47. The van der Waals surface area contributed by atoms with Crippen LogP contribution in [0.1, 0.15) is 61.9 Å². The number of carbonyl (C=O) groups excluding carboxylic acids is 4. The van der Waals surface area contributed by atoms with Crippen molar-refractivity contribution in [1.82, 2.24) is 20.4 Å². The second-order valence-corrected chi connectivity index (χ2v) is 10.5. The molecule has 1 aromatic carbocycles. The Bertz CT molecular complexity index is 1030. The molecule has 2 bridgehead atoms. The maximum absolute atomic E-state index is 14.7. The van der Waals surface area contributed by atoms with Gasteiger partial charge in [-0.3, -0.25) is 19.2 Å². The number of aryl methyl sites for hydroxylation is 1. The first-order chi connectivity index (χ1) is 17.7. The van der Waals surface area contributed by atoms with Crippen LogP contribution in [0.5, 0.6) is 0 Å². The second kappa shape index (κ2) is 12.0. The molecule has 0 saturated carbocycles. The molecular weight excluding hydrogens is 479 g/mol. The molecule has 10 heteroatoms. The lowest BCUT2D eigenvalue weighted by atomic mass is 10.0. The van der Waals surface area contributed by atoms with Gasteiger partial charge in [-0.25, -0.2) is 4.39 Å². The summed E-state index contributed by atoms with van der Waals surface area (Å²) in [5, 5.41) is 5.88. The van der Waals surface area contributed by atoms with Crippen molar-refractivity contribution in [2.75, 3.05) is 32.8 Å². The molecule has 1 aromatic rings. The summed E-state index contributed by atoms with van der Waals surface area (Å²) in [6.45, 7) is 5.13. The van der Waals surface area contributed by atoms with Gasteiger partial charge in [0, 0.05) is 32.3 Å². The molecule has 0 aromatic heterocycles. The number of nitrogens with zero attached hydrogens (tertiary/aromatic N) is 2. The number of hydrogen-bond donors (Lipinski definition) is 2. The minimum Gasteiger partial charge on any atom is -0.368 e. The lowest BCUT2D eigenvalue weighted by Crippen LogP contribution is -2.56. The van der Waals surface area contributed by atoms with Gasteiger partial charge in [-0.2, -0.15) is 0 Å². The Morgan fingerprint density at radius 2 is 1.95 bits per heavy atom. The van der Waals surface area contributed by atoms with Crippen molar-refractivity contribution in [1.29, 1.82) is 0 Å². The minimum absolute atomic E-state index is 0.0423. The van der Waals surface area contributed by atoms with Crippen molar-refractivity contribution in [3.63, 3.8) is 0 Å². The molecule has 0 aliphatic carbocycles. The molecule has 3 atom stereocenters. The van der Waals surface area contributed by atoms with Crippen LogP contribution in [0.2, 0.25) is 0 Å². The molecule has 2 N–H and O–H groups in total. The van der Waals surface area contributed by atoms with E-state index in [0.29, 0.717) is 51.8 Å². The molecule has 2 saturated heterocycles. The van der Waals surface area contributed by atoms with Gasteiger partial charge in [0.1, 0.15) is 18.0 Å². The van der Waals surface area contributed by atoms with Crippen molar-refractivity contribution in [2.24, 2.45) is 5.92 Å². The molecule has 0 radical (unpaired) electrons. The SMILES string of the molecule is CC(C)[C@@H]1CN(C(=O)[C@H]2CCCO2)CC(=O)NCCCc2ccc(F)c(c2)C(=O)N2CCC[C@H]2C(=O)N1. The van der Waals surface area contributed by atoms with E-state index in [9.17, 15) is 23.6 Å². The van der Waals surface area contributed by atoms with Crippen LogP contribution in [0.3, 0.4) is 0 Å². The third-order valence-corrected chi connectivity index (χ3v) is 7.44. The van der Waals surface area contributed by atoms with E-state index >= 15 is 0 Å². The molecule has 0 unspecified atom stereocenters. The van der Waals surface area contributed by atoms with Crippen LogP contribution in [0.25, 0.3) is 0 Å². The van der Waals surface area contributed by atoms with Gasteiger partial charge >= 0.3 is 0 Å². The summed E-state index contributed by atoms with van der Waals surface area (Å²) in [6, 6.07) is 3.29. The molecule has 3 heterocycles. The summed E-state index contributed by atoms with van der Waals surface area (Å²) in [7, 11) is 0. The molecule has 4 amide bonds. The van der Waals surface area contributed by atoms with Crippen molar-refractivity contribution in [3.8, 4) is 0 Å². The summed E-state index contributed by atoms with van der Waals surface area (Å²) in [5.41, 5.74) is 0.734. The maximum Gasteiger partial charge on any atom is 0.257 e. The Kier molecular flexibility index (Phi) is 8.79. The average Bonchev–Trinajstić information content (AvgIpc) is 3.58. The van der Waals surface area contributed by atoms with Gasteiger partial charge in [0.2, 0.25) is 11.8 Å². The highest BCUT2D eigenvalue weighted by molar-refractivity contribution is 5.98. The number of rotatable bonds is 2. The largest absolute Gasteiger partial charge is 0.368 e. The summed E-state index contributed by atoms with van der Waals surface area (Å²) in [5.74, 6) is -2.04. The van der Waals surface area contributed by atoms with Gasteiger partial charge in [-0.15, -0.1) is 0 Å². The molecular formula is C27H37FN4O5. The first-order valence-electron chi connectivity index (χ1n) is 13.3. The number of hydrogen-bond acceptors (Lipinski definition) is 5. The summed E-state index contributed by atoms with van der Waals surface area (Å²) in [6.07, 6.45) is 3.04. The summed E-state index contributed by atoms with van der Waals surface area (Å²) < 4.78 is 20.3. The van der Waals surface area contributed by atoms with E-state index in [-0.39, 0.29) is 42.3 Å². The lowest BCUT2D eigenvalue weighted by molar-refractivity contribution is -0.144. The Morgan fingerprint density at radius 3 is 2.68 bits per heavy atom. The van der Waals surface area contributed by atoms with Crippen molar-refractivity contribution >= 4 is 23.6 Å². The van der Waals surface area contributed by atoms with E-state index in [1.165, 1.54) is 15.9 Å². The number of carbonyl (C=O) groups is 4. The number of nitrogens with one attached hydrogen (secondary N) is 2. The normalized spacial score (nSPS) is 26.1. The van der Waals surface area contributed by atoms with Crippen molar-refractivity contribution in [2.45, 2.75) is 70.6 Å². The standard InChI is InChI=1S/C27H37FN4O5/c1-17(2)21-15-31(27(36)23-8-5-13-37-23)16-24(33)29-11-3-6-18-9-10-20(28)19(14-18)26(35)32-12-4-7-22(32)25(34)30-21/h9-10,14,17,21-23H,3-8,11-13,15-16H2,1-2H3,(H,29,33)(H,30,34)/t21-,22-,23+/m0/s1. The second-order valence-electron chi connectivity index (χ2n) is 10.5. The first kappa shape index (κ1) is 27.0. The molecule has 37 heavy (non-hydrogen) atoms. The van der Waals surface area contributed by atoms with Gasteiger partial charge in [0.25, 0.3) is 11.8 Å². The van der Waals surface area contributed by atoms with Gasteiger partial charge in [0.15, 0.2) is 0 Å². The minimum atomic E-state index is -0.724. The van der Waals surface area contributed by atoms with Crippen molar-refractivity contribution < 1.29 is 28.3 Å². The third-order valence-electron chi connectivity index (χ3n) is 7.44. The van der Waals surface area contributed by atoms with E-state index in [4.69, 9.17) is 4.74 Å². The predicted octanol–water partition coefficient (Wildman–Crippen LogP) is 1.64. The number of benzene rings is 1. The van der Waals surface area contributed by atoms with E-state index in [1.54, 1.807) is 12.1 Å². The van der Waals surface area contributed by atoms with Gasteiger partial charge in [-0.05, 0) is 62.1 Å². The van der Waals surface area contributed by atoms with Crippen LogP contribution in [0, 0.1) is 11.7 Å². The number of fused-ring (bicyclic) bond motifs is 3. The fraction of sp³-hybridized carbons (Fsp3) is 0.630. The number of halogens is 1. The Morgan fingerprint density at radius 1 is 1.14 bits per heavy atom. The molecule has 202 valence electrons. The zero-order valence-corrected chi connectivity index (χ0v) is 21.6. The van der Waals surface area contributed by atoms with Crippen LogP contribution in [0.15, 0.2) is 18.2 Å². The van der Waals surface area contributed by atoms with Crippen LogP contribution >= 0.6 is 0 Å². The van der Waals surface area contributed by atoms with Gasteiger partial charge < -0.3 is 25.2 Å². The van der Waals surface area contributed by atoms with E-state index in [0.717, 1.165) is 12.0 Å². The molecule has 0 spiro atoms. The quantitative estimate of drug-likeness (QED) is 0.622. The van der Waals surface area contributed by atoms with Gasteiger partial charge in [-0.1, -0.05) is 19.9 Å². The highest BCUT2D eigenvalue weighted by atomic mass is 19.1. The first-order valence-corrected chi connectivity index (χ1v) is 13.3. The van der Waals surface area contributed by atoms with E-state index in [1.807, 2.05) is 13.8 Å². The van der Waals surface area contributed by atoms with E-state index < -0.39 is 29.9 Å². The predicted molar refractivity (Wildman–Crippen MR) is 134 cm³/mol. The van der Waals surface area contributed by atoms with Crippen LogP contribution in [-0.4, -0.2) is 84.4 Å². The molecule has 4 rings (SSSR count). The molecule has 3 aliphatic heterocycles. The summed E-state index contributed by atoms with van der Waals surface area (Å²) >= 11 is 0. The molecule has 3 aliphatic rings. The van der Waals surface area contributed by atoms with Gasteiger partial charge in [0.05, 0.1) is 12.1 Å².